The number of halogens is 1. The van der Waals surface area contributed by atoms with Gasteiger partial charge in [-0.2, -0.15) is 4.31 Å². The molecule has 0 aliphatic carbocycles. The molecule has 11 heteroatoms. The predicted molar refractivity (Wildman–Crippen MR) is 114 cm³/mol. The predicted octanol–water partition coefficient (Wildman–Crippen LogP) is 1.56. The zero-order valence-electron chi connectivity index (χ0n) is 17.0. The third-order valence-electron chi connectivity index (χ3n) is 5.15. The Kier molecular flexibility index (Phi) is 6.54. The highest BCUT2D eigenvalue weighted by Crippen LogP contribution is 2.31. The van der Waals surface area contributed by atoms with Crippen molar-refractivity contribution in [1.29, 1.82) is 0 Å². The Morgan fingerprint density at radius 2 is 1.66 bits per heavy atom. The van der Waals surface area contributed by atoms with Crippen LogP contribution >= 0.6 is 11.6 Å². The Hall–Kier alpha value is -2.82. The van der Waals surface area contributed by atoms with Crippen LogP contribution in [0.5, 0.6) is 11.5 Å². The molecule has 2 aliphatic heterocycles. The Balaban J connectivity index is 1.26. The van der Waals surface area contributed by atoms with Crippen molar-refractivity contribution in [2.45, 2.75) is 11.0 Å². The van der Waals surface area contributed by atoms with Crippen molar-refractivity contribution in [1.82, 2.24) is 9.21 Å². The molecule has 4 rings (SSSR count). The number of sulfonamides is 1. The summed E-state index contributed by atoms with van der Waals surface area (Å²) in [6.07, 6.45) is -0.959. The number of hydrogen-bond donors (Lipinski definition) is 0. The zero-order valence-corrected chi connectivity index (χ0v) is 18.5. The standard InChI is InChI=1S/C21H21ClN2O7S/c22-15-5-7-16(8-6-15)32(27,28)24-11-9-23(10-12-24)20(25)14-30-21(26)19-13-29-17-3-1-2-4-18(17)31-19/h1-8,19H,9-14H2/t19-/m0/s1. The number of rotatable bonds is 5. The topological polar surface area (TPSA) is 102 Å². The number of piperazine rings is 1. The van der Waals surface area contributed by atoms with Gasteiger partial charge < -0.3 is 19.1 Å². The largest absolute Gasteiger partial charge is 0.485 e. The van der Waals surface area contributed by atoms with E-state index >= 15 is 0 Å². The molecule has 1 fully saturated rings. The van der Waals surface area contributed by atoms with Crippen molar-refractivity contribution in [2.75, 3.05) is 39.4 Å². The lowest BCUT2D eigenvalue weighted by Gasteiger charge is -2.34. The van der Waals surface area contributed by atoms with E-state index in [-0.39, 0.29) is 37.7 Å². The van der Waals surface area contributed by atoms with E-state index in [0.29, 0.717) is 16.5 Å². The third kappa shape index (κ3) is 4.82. The van der Waals surface area contributed by atoms with E-state index in [1.165, 1.54) is 33.5 Å². The normalized spacial score (nSPS) is 18.8. The molecule has 170 valence electrons. The lowest BCUT2D eigenvalue weighted by molar-refractivity contribution is -0.160. The summed E-state index contributed by atoms with van der Waals surface area (Å²) in [6, 6.07) is 12.9. The maximum Gasteiger partial charge on any atom is 0.351 e. The monoisotopic (exact) mass is 480 g/mol. The van der Waals surface area contributed by atoms with Crippen LogP contribution in [0.1, 0.15) is 0 Å². The molecular weight excluding hydrogens is 460 g/mol. The van der Waals surface area contributed by atoms with Crippen molar-refractivity contribution in [3.63, 3.8) is 0 Å². The van der Waals surface area contributed by atoms with Crippen molar-refractivity contribution in [2.24, 2.45) is 0 Å². The fourth-order valence-corrected chi connectivity index (χ4v) is 4.93. The molecule has 0 bridgehead atoms. The van der Waals surface area contributed by atoms with Crippen molar-refractivity contribution in [3.8, 4) is 11.5 Å². The van der Waals surface area contributed by atoms with E-state index in [0.717, 1.165) is 0 Å². The molecule has 0 radical (unpaired) electrons. The first-order chi connectivity index (χ1) is 15.3. The second-order valence-corrected chi connectivity index (χ2v) is 9.59. The molecule has 1 amide bonds. The Labute approximate surface area is 190 Å². The number of nitrogens with zero attached hydrogens (tertiary/aromatic N) is 2. The Bertz CT molecular complexity index is 1100. The van der Waals surface area contributed by atoms with Crippen LogP contribution < -0.4 is 9.47 Å². The number of amides is 1. The van der Waals surface area contributed by atoms with E-state index in [4.69, 9.17) is 25.8 Å². The molecule has 2 aliphatic rings. The molecule has 0 aromatic heterocycles. The van der Waals surface area contributed by atoms with Gasteiger partial charge >= 0.3 is 5.97 Å². The summed E-state index contributed by atoms with van der Waals surface area (Å²) in [6.45, 7) is 0.205. The third-order valence-corrected chi connectivity index (χ3v) is 7.32. The highest BCUT2D eigenvalue weighted by molar-refractivity contribution is 7.89. The van der Waals surface area contributed by atoms with E-state index in [9.17, 15) is 18.0 Å². The van der Waals surface area contributed by atoms with Crippen LogP contribution in [0.15, 0.2) is 53.4 Å². The fourth-order valence-electron chi connectivity index (χ4n) is 3.39. The number of para-hydroxylation sites is 2. The molecule has 32 heavy (non-hydrogen) atoms. The highest BCUT2D eigenvalue weighted by Gasteiger charge is 2.32. The first-order valence-electron chi connectivity index (χ1n) is 9.93. The van der Waals surface area contributed by atoms with Crippen LogP contribution in [-0.2, 0) is 24.3 Å². The number of carbonyl (C=O) groups is 2. The molecule has 0 unspecified atom stereocenters. The summed E-state index contributed by atoms with van der Waals surface area (Å²) in [5, 5.41) is 0.448. The summed E-state index contributed by atoms with van der Waals surface area (Å²) in [5.41, 5.74) is 0. The van der Waals surface area contributed by atoms with Crippen LogP contribution in [0, 0.1) is 0 Å². The van der Waals surface area contributed by atoms with Gasteiger partial charge in [0.1, 0.15) is 6.61 Å². The van der Waals surface area contributed by atoms with Crippen molar-refractivity contribution < 1.29 is 32.2 Å². The fraction of sp³-hybridized carbons (Fsp3) is 0.333. The summed E-state index contributed by atoms with van der Waals surface area (Å²) >= 11 is 5.82. The minimum Gasteiger partial charge on any atom is -0.485 e. The lowest BCUT2D eigenvalue weighted by Crippen LogP contribution is -2.51. The lowest BCUT2D eigenvalue weighted by atomic mass is 10.2. The van der Waals surface area contributed by atoms with Crippen LogP contribution in [0.25, 0.3) is 0 Å². The minimum absolute atomic E-state index is 0.00866. The Morgan fingerprint density at radius 3 is 2.34 bits per heavy atom. The second-order valence-electron chi connectivity index (χ2n) is 7.21. The van der Waals surface area contributed by atoms with E-state index < -0.39 is 34.6 Å². The Morgan fingerprint density at radius 1 is 1.00 bits per heavy atom. The quantitative estimate of drug-likeness (QED) is 0.598. The average molecular weight is 481 g/mol. The number of benzene rings is 2. The van der Waals surface area contributed by atoms with Gasteiger partial charge in [0, 0.05) is 31.2 Å². The van der Waals surface area contributed by atoms with Gasteiger partial charge in [0.2, 0.25) is 16.1 Å². The molecule has 1 saturated heterocycles. The number of carbonyl (C=O) groups excluding carboxylic acids is 2. The molecule has 2 aromatic rings. The molecule has 1 atom stereocenters. The maximum absolute atomic E-state index is 12.7. The first-order valence-corrected chi connectivity index (χ1v) is 11.7. The van der Waals surface area contributed by atoms with Gasteiger partial charge in [-0.25, -0.2) is 13.2 Å². The SMILES string of the molecule is O=C(OCC(=O)N1CCN(S(=O)(=O)c2ccc(Cl)cc2)CC1)[C@@H]1COc2ccccc2O1. The average Bonchev–Trinajstić information content (AvgIpc) is 2.82. The molecule has 9 nitrogen and oxygen atoms in total. The molecule has 2 aromatic carbocycles. The second kappa shape index (κ2) is 9.35. The smallest absolute Gasteiger partial charge is 0.351 e. The van der Waals surface area contributed by atoms with Crippen LogP contribution in [0.3, 0.4) is 0 Å². The number of ether oxygens (including phenoxy) is 3. The number of esters is 1. The van der Waals surface area contributed by atoms with Crippen LogP contribution in [0.4, 0.5) is 0 Å². The first kappa shape index (κ1) is 22.4. The summed E-state index contributed by atoms with van der Waals surface area (Å²) in [7, 11) is -3.67. The summed E-state index contributed by atoms with van der Waals surface area (Å²) < 4.78 is 42.9. The van der Waals surface area contributed by atoms with Gasteiger partial charge in [0.25, 0.3) is 5.91 Å². The summed E-state index contributed by atoms with van der Waals surface area (Å²) in [4.78, 5) is 26.3. The van der Waals surface area contributed by atoms with Gasteiger partial charge in [-0.05, 0) is 36.4 Å². The summed E-state index contributed by atoms with van der Waals surface area (Å²) in [5.74, 6) is -0.125. The van der Waals surface area contributed by atoms with Crippen LogP contribution in [-0.4, -0.2) is 75.0 Å². The zero-order chi connectivity index (χ0) is 22.7. The molecular formula is C21H21ClN2O7S. The molecule has 0 N–H and O–H groups in total. The van der Waals surface area contributed by atoms with Gasteiger partial charge in [-0.3, -0.25) is 4.79 Å². The van der Waals surface area contributed by atoms with Crippen LogP contribution in [0.2, 0.25) is 5.02 Å². The minimum atomic E-state index is -3.67. The van der Waals surface area contributed by atoms with Gasteiger partial charge in [-0.15, -0.1) is 0 Å². The van der Waals surface area contributed by atoms with Gasteiger partial charge in [-0.1, -0.05) is 23.7 Å². The number of fused-ring (bicyclic) bond motifs is 1. The highest BCUT2D eigenvalue weighted by atomic mass is 35.5. The van der Waals surface area contributed by atoms with Crippen molar-refractivity contribution >= 4 is 33.5 Å². The number of hydrogen-bond acceptors (Lipinski definition) is 7. The van der Waals surface area contributed by atoms with E-state index in [1.807, 2.05) is 0 Å². The van der Waals surface area contributed by atoms with E-state index in [1.54, 1.807) is 24.3 Å². The van der Waals surface area contributed by atoms with E-state index in [2.05, 4.69) is 0 Å². The molecule has 2 heterocycles. The van der Waals surface area contributed by atoms with Crippen molar-refractivity contribution in [3.05, 3.63) is 53.6 Å². The van der Waals surface area contributed by atoms with Gasteiger partial charge in [0.15, 0.2) is 18.1 Å². The molecule has 0 spiro atoms. The van der Waals surface area contributed by atoms with Gasteiger partial charge in [0.05, 0.1) is 4.90 Å². The molecule has 0 saturated carbocycles. The maximum atomic E-state index is 12.7.